The first-order valence-corrected chi connectivity index (χ1v) is 10.8. The van der Waals surface area contributed by atoms with Crippen molar-refractivity contribution in [3.05, 3.63) is 21.8 Å². The number of nitrogens with two attached hydrogens (primary N) is 1. The second kappa shape index (κ2) is 7.18. The highest BCUT2D eigenvalue weighted by Crippen LogP contribution is 2.55. The Hall–Kier alpha value is -1.77. The Morgan fingerprint density at radius 2 is 2.00 bits per heavy atom. The number of carbonyl (C=O) groups is 2. The standard InChI is InChI=1S/C20H25BrF2N4O2/c1-11-14(21)10-25-17(27-5-2-3-20(22,23)4-6-27)15(11)18(29)26-19-7-12(8-19)13(9-19)16(24)28/h10,12-13H,2-9H2,1H3,(H2,24,28)(H,26,29)/t12?,13-,19?/m0/s1. The molecule has 4 aliphatic rings. The fourth-order valence-corrected chi connectivity index (χ4v) is 5.43. The fourth-order valence-electron chi connectivity index (χ4n) is 5.13. The Kier molecular flexibility index (Phi) is 5.07. The molecule has 3 saturated carbocycles. The molecule has 1 saturated heterocycles. The fraction of sp³-hybridized carbons (Fsp3) is 0.650. The summed E-state index contributed by atoms with van der Waals surface area (Å²) in [7, 11) is 0. The molecule has 1 aromatic rings. The average molecular weight is 471 g/mol. The zero-order valence-corrected chi connectivity index (χ0v) is 17.9. The van der Waals surface area contributed by atoms with Gasteiger partial charge >= 0.3 is 0 Å². The lowest BCUT2D eigenvalue weighted by Gasteiger charge is -2.39. The maximum atomic E-state index is 13.8. The Morgan fingerprint density at radius 1 is 1.28 bits per heavy atom. The minimum absolute atomic E-state index is 0.151. The van der Waals surface area contributed by atoms with Crippen LogP contribution in [0.5, 0.6) is 0 Å². The van der Waals surface area contributed by atoms with Gasteiger partial charge in [-0.15, -0.1) is 0 Å². The van der Waals surface area contributed by atoms with Crippen LogP contribution in [0.3, 0.4) is 0 Å². The van der Waals surface area contributed by atoms with Gasteiger partial charge in [0, 0.05) is 48.1 Å². The summed E-state index contributed by atoms with van der Waals surface area (Å²) in [6.45, 7) is 2.40. The zero-order valence-electron chi connectivity index (χ0n) is 16.3. The van der Waals surface area contributed by atoms with E-state index in [0.717, 1.165) is 18.4 Å². The molecule has 2 heterocycles. The van der Waals surface area contributed by atoms with Gasteiger partial charge in [0.2, 0.25) is 11.8 Å². The van der Waals surface area contributed by atoms with E-state index < -0.39 is 11.5 Å². The molecule has 0 spiro atoms. The van der Waals surface area contributed by atoms with E-state index in [1.165, 1.54) is 0 Å². The van der Waals surface area contributed by atoms with Gasteiger partial charge in [-0.05, 0) is 60.0 Å². The number of primary amides is 1. The molecular weight excluding hydrogens is 446 g/mol. The highest BCUT2D eigenvalue weighted by atomic mass is 79.9. The van der Waals surface area contributed by atoms with E-state index in [9.17, 15) is 18.4 Å². The van der Waals surface area contributed by atoms with Crippen LogP contribution in [0.2, 0.25) is 0 Å². The number of alkyl halides is 2. The molecule has 2 amide bonds. The summed E-state index contributed by atoms with van der Waals surface area (Å²) in [5.41, 5.74) is 6.21. The molecule has 1 aromatic heterocycles. The number of aromatic nitrogens is 1. The number of hydrogen-bond acceptors (Lipinski definition) is 4. The Bertz CT molecular complexity index is 857. The lowest BCUT2D eigenvalue weighted by atomic mass is 9.76. The number of pyridine rings is 1. The Morgan fingerprint density at radius 3 is 2.66 bits per heavy atom. The number of nitrogens with one attached hydrogen (secondary N) is 1. The maximum Gasteiger partial charge on any atom is 0.255 e. The number of hydrogen-bond donors (Lipinski definition) is 2. The van der Waals surface area contributed by atoms with Crippen LogP contribution in [-0.4, -0.2) is 41.3 Å². The van der Waals surface area contributed by atoms with Gasteiger partial charge in [-0.25, -0.2) is 13.8 Å². The molecule has 1 aliphatic heterocycles. The van der Waals surface area contributed by atoms with Gasteiger partial charge in [-0.1, -0.05) is 0 Å². The van der Waals surface area contributed by atoms with Gasteiger partial charge in [-0.2, -0.15) is 0 Å². The van der Waals surface area contributed by atoms with Crippen LogP contribution in [0.25, 0.3) is 0 Å². The van der Waals surface area contributed by atoms with E-state index in [2.05, 4.69) is 26.2 Å². The molecule has 0 aromatic carbocycles. The van der Waals surface area contributed by atoms with Gasteiger partial charge in [0.15, 0.2) is 0 Å². The molecule has 1 atom stereocenters. The van der Waals surface area contributed by atoms with E-state index in [0.29, 0.717) is 35.2 Å². The smallest absolute Gasteiger partial charge is 0.255 e. The summed E-state index contributed by atoms with van der Waals surface area (Å²) in [5.74, 6) is -2.78. The van der Waals surface area contributed by atoms with Crippen molar-refractivity contribution >= 4 is 33.6 Å². The van der Waals surface area contributed by atoms with Crippen molar-refractivity contribution in [2.45, 2.75) is 56.9 Å². The summed E-state index contributed by atoms with van der Waals surface area (Å²) in [5, 5.41) is 3.12. The highest BCUT2D eigenvalue weighted by Gasteiger charge is 2.58. The molecule has 9 heteroatoms. The second-order valence-corrected chi connectivity index (χ2v) is 9.60. The SMILES string of the molecule is Cc1c(Br)cnc(N2CCCC(F)(F)CC2)c1C(=O)NC12CC(C1)[C@@H](C(N)=O)C2. The predicted molar refractivity (Wildman–Crippen MR) is 108 cm³/mol. The number of anilines is 1. The average Bonchev–Trinajstić information content (AvgIpc) is 3.09. The van der Waals surface area contributed by atoms with Gasteiger partial charge in [0.1, 0.15) is 5.82 Å². The minimum atomic E-state index is -2.69. The van der Waals surface area contributed by atoms with Gasteiger partial charge < -0.3 is 16.0 Å². The third-order valence-electron chi connectivity index (χ3n) is 6.73. The maximum absolute atomic E-state index is 13.8. The largest absolute Gasteiger partial charge is 0.369 e. The first-order valence-electron chi connectivity index (χ1n) is 10.0. The van der Waals surface area contributed by atoms with E-state index in [4.69, 9.17) is 5.73 Å². The molecule has 29 heavy (non-hydrogen) atoms. The minimum Gasteiger partial charge on any atom is -0.369 e. The van der Waals surface area contributed by atoms with Crippen molar-refractivity contribution in [3.63, 3.8) is 0 Å². The molecule has 0 radical (unpaired) electrons. The summed E-state index contributed by atoms with van der Waals surface area (Å²) in [6.07, 6.45) is 3.61. The van der Waals surface area contributed by atoms with Crippen molar-refractivity contribution in [1.29, 1.82) is 0 Å². The molecular formula is C20H25BrF2N4O2. The van der Waals surface area contributed by atoms with Crippen molar-refractivity contribution in [3.8, 4) is 0 Å². The molecule has 158 valence electrons. The number of fused-ring (bicyclic) bond motifs is 1. The quantitative estimate of drug-likeness (QED) is 0.707. The van der Waals surface area contributed by atoms with E-state index in [1.807, 2.05) is 6.92 Å². The van der Waals surface area contributed by atoms with Crippen molar-refractivity contribution in [1.82, 2.24) is 10.3 Å². The molecule has 4 fully saturated rings. The Labute approximate surface area is 176 Å². The van der Waals surface area contributed by atoms with E-state index in [-0.39, 0.29) is 43.0 Å². The Balaban J connectivity index is 1.59. The lowest BCUT2D eigenvalue weighted by Crippen LogP contribution is -2.52. The van der Waals surface area contributed by atoms with E-state index >= 15 is 0 Å². The van der Waals surface area contributed by atoms with Crippen LogP contribution in [0, 0.1) is 18.8 Å². The normalized spacial score (nSPS) is 30.4. The lowest BCUT2D eigenvalue weighted by molar-refractivity contribution is -0.122. The van der Waals surface area contributed by atoms with Crippen LogP contribution >= 0.6 is 15.9 Å². The second-order valence-electron chi connectivity index (χ2n) is 8.74. The summed E-state index contributed by atoms with van der Waals surface area (Å²) in [6, 6.07) is 0. The highest BCUT2D eigenvalue weighted by molar-refractivity contribution is 9.10. The van der Waals surface area contributed by atoms with Gasteiger partial charge in [0.05, 0.1) is 5.56 Å². The monoisotopic (exact) mass is 470 g/mol. The van der Waals surface area contributed by atoms with Crippen LogP contribution in [-0.2, 0) is 4.79 Å². The number of nitrogens with zero attached hydrogens (tertiary/aromatic N) is 2. The van der Waals surface area contributed by atoms with Crippen LogP contribution in [0.1, 0.15) is 54.4 Å². The van der Waals surface area contributed by atoms with Crippen LogP contribution in [0.15, 0.2) is 10.7 Å². The molecule has 3 N–H and O–H groups in total. The molecule has 0 unspecified atom stereocenters. The summed E-state index contributed by atoms with van der Waals surface area (Å²) < 4.78 is 28.3. The van der Waals surface area contributed by atoms with Crippen LogP contribution in [0.4, 0.5) is 14.6 Å². The summed E-state index contributed by atoms with van der Waals surface area (Å²) in [4.78, 5) is 31.1. The molecule has 5 rings (SSSR count). The number of carbonyl (C=O) groups excluding carboxylic acids is 2. The number of amides is 2. The first-order chi connectivity index (χ1) is 13.6. The first kappa shape index (κ1) is 20.5. The van der Waals surface area contributed by atoms with Gasteiger partial charge in [0.25, 0.3) is 5.91 Å². The van der Waals surface area contributed by atoms with Crippen LogP contribution < -0.4 is 16.0 Å². The van der Waals surface area contributed by atoms with Crippen molar-refractivity contribution in [2.75, 3.05) is 18.0 Å². The molecule has 3 aliphatic carbocycles. The zero-order chi connectivity index (χ0) is 21.0. The van der Waals surface area contributed by atoms with Crippen molar-refractivity contribution < 1.29 is 18.4 Å². The predicted octanol–water partition coefficient (Wildman–Crippen LogP) is 3.16. The van der Waals surface area contributed by atoms with Gasteiger partial charge in [-0.3, -0.25) is 9.59 Å². The summed E-state index contributed by atoms with van der Waals surface area (Å²) >= 11 is 3.43. The number of rotatable bonds is 4. The molecule has 2 bridgehead atoms. The van der Waals surface area contributed by atoms with E-state index in [1.54, 1.807) is 11.1 Å². The number of halogens is 3. The topological polar surface area (TPSA) is 88.3 Å². The van der Waals surface area contributed by atoms with Crippen molar-refractivity contribution in [2.24, 2.45) is 17.6 Å². The third kappa shape index (κ3) is 3.73. The third-order valence-corrected chi connectivity index (χ3v) is 7.53. The molecule has 6 nitrogen and oxygen atoms in total.